The van der Waals surface area contributed by atoms with E-state index in [4.69, 9.17) is 18.7 Å². The van der Waals surface area contributed by atoms with Crippen LogP contribution in [0.2, 0.25) is 0 Å². The van der Waals surface area contributed by atoms with E-state index in [2.05, 4.69) is 13.8 Å². The van der Waals surface area contributed by atoms with Gasteiger partial charge in [-0.2, -0.15) is 0 Å². The number of hydrogen-bond acceptors (Lipinski definition) is 4. The van der Waals surface area contributed by atoms with E-state index in [0.29, 0.717) is 19.8 Å². The molecule has 0 rings (SSSR count). The van der Waals surface area contributed by atoms with Gasteiger partial charge in [0.15, 0.2) is 0 Å². The maximum absolute atomic E-state index is 5.70. The van der Waals surface area contributed by atoms with Crippen molar-refractivity contribution in [3.63, 3.8) is 0 Å². The Morgan fingerprint density at radius 1 is 0.733 bits per heavy atom. The summed E-state index contributed by atoms with van der Waals surface area (Å²) in [7, 11) is -2.75. The highest BCUT2D eigenvalue weighted by Gasteiger charge is 2.35. The monoisotopic (exact) mass is 237 g/mol. The third kappa shape index (κ3) is 12.0. The van der Waals surface area contributed by atoms with E-state index in [9.17, 15) is 0 Å². The predicted octanol–water partition coefficient (Wildman–Crippen LogP) is 2.30. The molecule has 0 heterocycles. The molecule has 0 saturated carbocycles. The lowest BCUT2D eigenvalue weighted by molar-refractivity contribution is 0.0723. The fourth-order valence-electron chi connectivity index (χ4n) is 0.729. The smallest absolute Gasteiger partial charge is 0.362 e. The molecule has 0 aromatic heterocycles. The highest BCUT2D eigenvalue weighted by molar-refractivity contribution is 6.56. The molecule has 4 nitrogen and oxygen atoms in total. The summed E-state index contributed by atoms with van der Waals surface area (Å²) in [6.07, 6.45) is 2.64. The third-order valence-electron chi connectivity index (χ3n) is 1.54. The molecule has 5 heteroatoms. The fourth-order valence-corrected chi connectivity index (χ4v) is 2.19. The van der Waals surface area contributed by atoms with Crippen LogP contribution in [0.25, 0.3) is 0 Å². The van der Waals surface area contributed by atoms with Crippen molar-refractivity contribution in [2.75, 3.05) is 19.8 Å². The van der Waals surface area contributed by atoms with E-state index < -0.39 is 8.97 Å². The first-order chi connectivity index (χ1) is 7.10. The summed E-state index contributed by atoms with van der Waals surface area (Å²) in [5, 5.41) is 5.70. The quantitative estimate of drug-likeness (QED) is 0.690. The van der Waals surface area contributed by atoms with Gasteiger partial charge in [0.1, 0.15) is 0 Å². The normalized spacial score (nSPS) is 10.8. The lowest BCUT2D eigenvalue weighted by atomic mass is 10.4. The van der Waals surface area contributed by atoms with Crippen molar-refractivity contribution in [1.29, 1.82) is 0 Å². The maximum atomic E-state index is 5.70. The van der Waals surface area contributed by atoms with Crippen LogP contribution < -0.4 is 5.40 Å². The van der Waals surface area contributed by atoms with Crippen LogP contribution in [0.15, 0.2) is 0 Å². The zero-order valence-electron chi connectivity index (χ0n) is 10.8. The number of nitrogens with two attached hydrogens (primary N) is 1. The number of unbranched alkanes of at least 4 members (excludes halogenated alkanes) is 1. The average molecular weight is 237 g/mol. The number of hydrogen-bond donors (Lipinski definition) is 1. The van der Waals surface area contributed by atoms with Crippen LogP contribution >= 0.6 is 0 Å². The third-order valence-corrected chi connectivity index (χ3v) is 3.61. The van der Waals surface area contributed by atoms with E-state index in [1.165, 1.54) is 12.8 Å². The Bertz CT molecular complexity index is 106. The largest absolute Gasteiger partial charge is 0.594 e. The van der Waals surface area contributed by atoms with E-state index in [-0.39, 0.29) is 0 Å². The minimum absolute atomic E-state index is 0.530. The summed E-state index contributed by atoms with van der Waals surface area (Å²) in [6.45, 7) is 11.6. The van der Waals surface area contributed by atoms with Gasteiger partial charge >= 0.3 is 8.97 Å². The fraction of sp³-hybridized carbons (Fsp3) is 1.00. The second kappa shape index (κ2) is 12.1. The van der Waals surface area contributed by atoms with Crippen LogP contribution in [-0.2, 0) is 13.3 Å². The van der Waals surface area contributed by atoms with Gasteiger partial charge in [-0.1, -0.05) is 26.7 Å². The molecule has 0 aromatic rings. The molecule has 0 radical (unpaired) electrons. The SMILES string of the molecule is CCCC.CCO[Si](N)(OCC)OCC. The second-order valence-corrected chi connectivity index (χ2v) is 4.98. The molecule has 0 aliphatic rings. The van der Waals surface area contributed by atoms with E-state index in [1.807, 2.05) is 20.8 Å². The van der Waals surface area contributed by atoms with Crippen molar-refractivity contribution in [2.45, 2.75) is 47.5 Å². The zero-order chi connectivity index (χ0) is 12.2. The van der Waals surface area contributed by atoms with Crippen LogP contribution in [0.3, 0.4) is 0 Å². The van der Waals surface area contributed by atoms with Crippen molar-refractivity contribution >= 4 is 8.97 Å². The maximum Gasteiger partial charge on any atom is 0.594 e. The van der Waals surface area contributed by atoms with E-state index in [0.717, 1.165) is 0 Å². The Hall–Kier alpha value is 0.0569. The van der Waals surface area contributed by atoms with Gasteiger partial charge in [-0.3, -0.25) is 5.40 Å². The summed E-state index contributed by atoms with van der Waals surface area (Å²) in [6, 6.07) is 0. The van der Waals surface area contributed by atoms with Crippen LogP contribution in [0, 0.1) is 0 Å². The summed E-state index contributed by atoms with van der Waals surface area (Å²) < 4.78 is 15.5. The molecule has 0 unspecified atom stereocenters. The minimum atomic E-state index is -2.75. The molecule has 0 aliphatic heterocycles. The Labute approximate surface area is 95.5 Å². The molecule has 0 aliphatic carbocycles. The van der Waals surface area contributed by atoms with Gasteiger partial charge in [0, 0.05) is 19.8 Å². The Balaban J connectivity index is 0. The molecular weight excluding hydrogens is 210 g/mol. The highest BCUT2D eigenvalue weighted by Crippen LogP contribution is 2.00. The Morgan fingerprint density at radius 2 is 1.00 bits per heavy atom. The van der Waals surface area contributed by atoms with Crippen LogP contribution in [0.1, 0.15) is 47.5 Å². The Morgan fingerprint density at radius 3 is 1.13 bits per heavy atom. The molecule has 0 fully saturated rings. The van der Waals surface area contributed by atoms with Crippen molar-refractivity contribution in [1.82, 2.24) is 0 Å². The van der Waals surface area contributed by atoms with Gasteiger partial charge in [0.05, 0.1) is 0 Å². The Kier molecular flexibility index (Phi) is 14.1. The molecule has 15 heavy (non-hydrogen) atoms. The first-order valence-electron chi connectivity index (χ1n) is 5.80. The highest BCUT2D eigenvalue weighted by atomic mass is 28.4. The summed E-state index contributed by atoms with van der Waals surface area (Å²) in [5.41, 5.74) is 0. The lowest BCUT2D eigenvalue weighted by Crippen LogP contribution is -2.55. The number of rotatable bonds is 7. The molecule has 0 saturated heterocycles. The van der Waals surface area contributed by atoms with Crippen molar-refractivity contribution in [3.05, 3.63) is 0 Å². The minimum Gasteiger partial charge on any atom is -0.362 e. The standard InChI is InChI=1S/C6H17NO3Si.C4H10/c1-4-8-11(7,9-5-2)10-6-3;1-3-4-2/h4-7H2,1-3H3;3-4H2,1-2H3. The van der Waals surface area contributed by atoms with Gasteiger partial charge in [0.25, 0.3) is 0 Å². The van der Waals surface area contributed by atoms with Crippen molar-refractivity contribution < 1.29 is 13.3 Å². The molecule has 0 amide bonds. The molecule has 2 N–H and O–H groups in total. The molecule has 0 aromatic carbocycles. The van der Waals surface area contributed by atoms with Crippen LogP contribution in [-0.4, -0.2) is 28.8 Å². The van der Waals surface area contributed by atoms with Gasteiger partial charge in [0.2, 0.25) is 0 Å². The van der Waals surface area contributed by atoms with Crippen molar-refractivity contribution in [2.24, 2.45) is 5.40 Å². The van der Waals surface area contributed by atoms with Gasteiger partial charge in [-0.05, 0) is 20.8 Å². The molecule has 94 valence electrons. The van der Waals surface area contributed by atoms with Crippen LogP contribution in [0.4, 0.5) is 0 Å². The van der Waals surface area contributed by atoms with Gasteiger partial charge in [-0.25, -0.2) is 0 Å². The molecule has 0 atom stereocenters. The second-order valence-electron chi connectivity index (χ2n) is 2.90. The zero-order valence-corrected chi connectivity index (χ0v) is 11.8. The summed E-state index contributed by atoms with van der Waals surface area (Å²) in [5.74, 6) is 0. The van der Waals surface area contributed by atoms with E-state index >= 15 is 0 Å². The summed E-state index contributed by atoms with van der Waals surface area (Å²) >= 11 is 0. The molecule has 0 bridgehead atoms. The average Bonchev–Trinajstić information content (AvgIpc) is 2.19. The van der Waals surface area contributed by atoms with Crippen molar-refractivity contribution in [3.8, 4) is 0 Å². The van der Waals surface area contributed by atoms with E-state index in [1.54, 1.807) is 0 Å². The van der Waals surface area contributed by atoms with Crippen LogP contribution in [0.5, 0.6) is 0 Å². The first kappa shape index (κ1) is 17.5. The predicted molar refractivity (Wildman–Crippen MR) is 65.4 cm³/mol. The first-order valence-corrected chi connectivity index (χ1v) is 7.60. The summed E-state index contributed by atoms with van der Waals surface area (Å²) in [4.78, 5) is 0. The molecular formula is C10H27NO3Si. The topological polar surface area (TPSA) is 53.7 Å². The molecule has 0 spiro atoms. The van der Waals surface area contributed by atoms with Gasteiger partial charge in [-0.15, -0.1) is 0 Å². The lowest BCUT2D eigenvalue weighted by Gasteiger charge is -2.22. The van der Waals surface area contributed by atoms with Gasteiger partial charge < -0.3 is 13.3 Å².